The number of aldehydes is 1. The van der Waals surface area contributed by atoms with Crippen molar-refractivity contribution in [2.24, 2.45) is 0 Å². The van der Waals surface area contributed by atoms with Crippen LogP contribution in [-0.4, -0.2) is 55.8 Å². The Hall–Kier alpha value is -3.60. The summed E-state index contributed by atoms with van der Waals surface area (Å²) in [6, 6.07) is 13.8. The molecule has 0 aliphatic rings. The molecule has 202 valence electrons. The van der Waals surface area contributed by atoms with Crippen molar-refractivity contribution in [2.75, 3.05) is 37.6 Å². The molecule has 0 saturated heterocycles. The van der Waals surface area contributed by atoms with Crippen LogP contribution in [0, 0.1) is 6.92 Å². The molecule has 3 rings (SSSR count). The van der Waals surface area contributed by atoms with Crippen LogP contribution in [0.25, 0.3) is 10.6 Å². The van der Waals surface area contributed by atoms with Crippen molar-refractivity contribution in [1.82, 2.24) is 26.5 Å². The summed E-state index contributed by atoms with van der Waals surface area (Å²) in [6.07, 6.45) is 3.25. The molecule has 0 aliphatic heterocycles. The van der Waals surface area contributed by atoms with Gasteiger partial charge in [0.05, 0.1) is 18.0 Å². The second-order valence-corrected chi connectivity index (χ2v) is 9.83. The average Bonchev–Trinajstić information content (AvgIpc) is 3.40. The van der Waals surface area contributed by atoms with Crippen LogP contribution in [0.5, 0.6) is 0 Å². The monoisotopic (exact) mass is 536 g/mol. The Morgan fingerprint density at radius 3 is 2.47 bits per heavy atom. The Morgan fingerprint density at radius 2 is 1.79 bits per heavy atom. The number of aromatic nitrogens is 1. The van der Waals surface area contributed by atoms with Gasteiger partial charge in [0.2, 0.25) is 5.91 Å². The number of anilines is 1. The summed E-state index contributed by atoms with van der Waals surface area (Å²) in [7, 11) is 0. The summed E-state index contributed by atoms with van der Waals surface area (Å²) in [5.41, 5.74) is 10.7. The zero-order valence-corrected chi connectivity index (χ0v) is 23.0. The molecule has 2 aromatic carbocycles. The van der Waals surface area contributed by atoms with Crippen molar-refractivity contribution in [3.05, 3.63) is 70.2 Å². The van der Waals surface area contributed by atoms with Gasteiger partial charge in [0.25, 0.3) is 5.91 Å². The summed E-state index contributed by atoms with van der Waals surface area (Å²) in [5.74, 6) is -0.419. The highest BCUT2D eigenvalue weighted by Crippen LogP contribution is 2.29. The highest BCUT2D eigenvalue weighted by Gasteiger charge is 2.18. The molecule has 4 N–H and O–H groups in total. The van der Waals surface area contributed by atoms with Crippen LogP contribution in [0.1, 0.15) is 40.2 Å². The number of nitrogens with zero attached hydrogens (tertiary/aromatic N) is 2. The predicted molar refractivity (Wildman–Crippen MR) is 152 cm³/mol. The van der Waals surface area contributed by atoms with E-state index in [9.17, 15) is 14.4 Å². The molecule has 38 heavy (non-hydrogen) atoms. The molecule has 9 nitrogen and oxygen atoms in total. The molecule has 10 heteroatoms. The largest absolute Gasteiger partial charge is 0.353 e. The van der Waals surface area contributed by atoms with Gasteiger partial charge in [-0.1, -0.05) is 38.1 Å². The third-order valence-corrected chi connectivity index (χ3v) is 6.94. The molecule has 0 fully saturated rings. The van der Waals surface area contributed by atoms with E-state index < -0.39 is 0 Å². The number of hydrogen-bond donors (Lipinski definition) is 4. The maximum absolute atomic E-state index is 12.9. The lowest BCUT2D eigenvalue weighted by Gasteiger charge is -2.26. The lowest BCUT2D eigenvalue weighted by molar-refractivity contribution is -0.121. The number of nitrogens with one attached hydrogen (secondary N) is 4. The molecule has 2 amide bonds. The van der Waals surface area contributed by atoms with Crippen LogP contribution < -0.4 is 26.4 Å². The number of carbonyl (C=O) groups excluding carboxylic acids is 3. The van der Waals surface area contributed by atoms with Crippen LogP contribution in [0.2, 0.25) is 0 Å². The molecule has 1 aromatic heterocycles. The number of hydrogen-bond acceptors (Lipinski definition) is 8. The van der Waals surface area contributed by atoms with E-state index in [1.54, 1.807) is 11.1 Å². The maximum Gasteiger partial charge on any atom is 0.253 e. The van der Waals surface area contributed by atoms with E-state index >= 15 is 0 Å². The van der Waals surface area contributed by atoms with E-state index in [4.69, 9.17) is 0 Å². The summed E-state index contributed by atoms with van der Waals surface area (Å²) in [6.45, 7) is 8.59. The number of aryl methyl sites for hydroxylation is 2. The highest BCUT2D eigenvalue weighted by atomic mass is 32.1. The van der Waals surface area contributed by atoms with Crippen LogP contribution in [-0.2, 0) is 22.6 Å². The van der Waals surface area contributed by atoms with Crippen molar-refractivity contribution < 1.29 is 14.4 Å². The molecule has 0 spiro atoms. The first-order valence-corrected chi connectivity index (χ1v) is 13.6. The minimum atomic E-state index is -0.251. The van der Waals surface area contributed by atoms with Gasteiger partial charge in [-0.25, -0.2) is 10.4 Å². The van der Waals surface area contributed by atoms with Gasteiger partial charge in [-0.2, -0.15) is 0 Å². The second kappa shape index (κ2) is 15.0. The number of carbonyl (C=O) groups is 3. The standard InChI is InChI=1S/C28H36N6O3S/c1-4-21-8-6-7-9-23(21)15-32-33-27(37)18-34(17-26(36)30-13-12-29-5-2)25-11-10-22(14-20(25)3)28-31-16-24(19-35)38-28/h6-11,14,16,19,29,32H,4-5,12-13,15,17-18H2,1-3H3,(H,30,36)(H,33,37). The normalized spacial score (nSPS) is 10.7. The van der Waals surface area contributed by atoms with Crippen molar-refractivity contribution in [1.29, 1.82) is 0 Å². The lowest BCUT2D eigenvalue weighted by atomic mass is 10.1. The molecular formula is C28H36N6O3S. The number of benzene rings is 2. The number of likely N-dealkylation sites (N-methyl/N-ethyl adjacent to an activating group) is 1. The van der Waals surface area contributed by atoms with Crippen LogP contribution in [0.4, 0.5) is 5.69 Å². The number of thiazole rings is 1. The van der Waals surface area contributed by atoms with Crippen molar-refractivity contribution in [3.8, 4) is 10.6 Å². The highest BCUT2D eigenvalue weighted by molar-refractivity contribution is 7.16. The van der Waals surface area contributed by atoms with Crippen LogP contribution in [0.15, 0.2) is 48.7 Å². The Bertz CT molecular complexity index is 1230. The fraction of sp³-hybridized carbons (Fsp3) is 0.357. The van der Waals surface area contributed by atoms with E-state index in [1.165, 1.54) is 16.9 Å². The zero-order chi connectivity index (χ0) is 27.3. The van der Waals surface area contributed by atoms with E-state index in [0.717, 1.165) is 46.6 Å². The van der Waals surface area contributed by atoms with Gasteiger partial charge < -0.3 is 15.5 Å². The van der Waals surface area contributed by atoms with E-state index in [1.807, 2.05) is 50.2 Å². The molecule has 0 unspecified atom stereocenters. The Balaban J connectivity index is 1.70. The number of hydrazine groups is 1. The van der Waals surface area contributed by atoms with Gasteiger partial charge in [-0.15, -0.1) is 11.3 Å². The Morgan fingerprint density at radius 1 is 1.03 bits per heavy atom. The first kappa shape index (κ1) is 29.0. The summed E-state index contributed by atoms with van der Waals surface area (Å²) in [4.78, 5) is 43.3. The van der Waals surface area contributed by atoms with Crippen molar-refractivity contribution >= 4 is 35.1 Å². The summed E-state index contributed by atoms with van der Waals surface area (Å²) in [5, 5.41) is 6.82. The van der Waals surface area contributed by atoms with E-state index in [2.05, 4.69) is 39.5 Å². The van der Waals surface area contributed by atoms with Gasteiger partial charge in [-0.3, -0.25) is 19.8 Å². The fourth-order valence-corrected chi connectivity index (χ4v) is 4.79. The van der Waals surface area contributed by atoms with Gasteiger partial charge in [0.15, 0.2) is 6.29 Å². The third-order valence-electron chi connectivity index (χ3n) is 5.97. The molecule has 0 radical (unpaired) electrons. The van der Waals surface area contributed by atoms with Crippen molar-refractivity contribution in [2.45, 2.75) is 33.7 Å². The summed E-state index contributed by atoms with van der Waals surface area (Å²) < 4.78 is 0. The predicted octanol–water partition coefficient (Wildman–Crippen LogP) is 2.85. The van der Waals surface area contributed by atoms with E-state index in [-0.39, 0.29) is 24.9 Å². The Kier molecular flexibility index (Phi) is 11.4. The quantitative estimate of drug-likeness (QED) is 0.134. The van der Waals surface area contributed by atoms with Crippen LogP contribution >= 0.6 is 11.3 Å². The zero-order valence-electron chi connectivity index (χ0n) is 22.2. The topological polar surface area (TPSA) is 115 Å². The average molecular weight is 537 g/mol. The smallest absolute Gasteiger partial charge is 0.253 e. The lowest BCUT2D eigenvalue weighted by Crippen LogP contribution is -2.47. The second-order valence-electron chi connectivity index (χ2n) is 8.77. The van der Waals surface area contributed by atoms with Crippen molar-refractivity contribution in [3.63, 3.8) is 0 Å². The Labute approximate surface area is 228 Å². The van der Waals surface area contributed by atoms with Gasteiger partial charge in [0.1, 0.15) is 5.01 Å². The summed E-state index contributed by atoms with van der Waals surface area (Å²) >= 11 is 1.32. The number of amides is 2. The minimum absolute atomic E-state index is 0.00418. The molecular weight excluding hydrogens is 500 g/mol. The third kappa shape index (κ3) is 8.47. The van der Waals surface area contributed by atoms with Gasteiger partial charge >= 0.3 is 0 Å². The SMILES string of the molecule is CCNCCNC(=O)CN(CC(=O)NNCc1ccccc1CC)c1ccc(-c2ncc(C=O)s2)cc1C. The molecule has 1 heterocycles. The van der Waals surface area contributed by atoms with Gasteiger partial charge in [0, 0.05) is 37.1 Å². The maximum atomic E-state index is 12.9. The first-order chi connectivity index (χ1) is 18.4. The van der Waals surface area contributed by atoms with Crippen LogP contribution in [0.3, 0.4) is 0 Å². The first-order valence-electron chi connectivity index (χ1n) is 12.8. The molecule has 0 saturated carbocycles. The molecule has 0 atom stereocenters. The molecule has 0 bridgehead atoms. The van der Waals surface area contributed by atoms with Gasteiger partial charge in [-0.05, 0) is 54.8 Å². The number of rotatable bonds is 15. The molecule has 3 aromatic rings. The van der Waals surface area contributed by atoms with E-state index in [0.29, 0.717) is 24.5 Å². The minimum Gasteiger partial charge on any atom is -0.353 e. The molecule has 0 aliphatic carbocycles. The fourth-order valence-electron chi connectivity index (χ4n) is 4.07.